The molecule has 1 heterocycles. The Morgan fingerprint density at radius 2 is 2.25 bits per heavy atom. The molecule has 1 amide bonds. The van der Waals surface area contributed by atoms with Gasteiger partial charge in [-0.2, -0.15) is 0 Å². The Morgan fingerprint density at radius 3 is 2.94 bits per heavy atom. The van der Waals surface area contributed by atoms with E-state index in [1.165, 1.54) is 0 Å². The lowest BCUT2D eigenvalue weighted by atomic mass is 10.3. The zero-order chi connectivity index (χ0) is 11.4. The number of hydrogen-bond donors (Lipinski definition) is 1. The minimum atomic E-state index is -0.273. The van der Waals surface area contributed by atoms with E-state index < -0.39 is 0 Å². The van der Waals surface area contributed by atoms with E-state index in [1.54, 1.807) is 17.0 Å². The van der Waals surface area contributed by atoms with Crippen molar-refractivity contribution in [2.75, 3.05) is 32.0 Å². The van der Waals surface area contributed by atoms with Crippen molar-refractivity contribution < 1.29 is 14.3 Å². The van der Waals surface area contributed by atoms with E-state index in [4.69, 9.17) is 15.2 Å². The normalized spacial score (nSPS) is 15.0. The first-order valence-electron chi connectivity index (χ1n) is 5.16. The highest BCUT2D eigenvalue weighted by atomic mass is 16.6. The Bertz CT molecular complexity index is 381. The molecule has 1 aliphatic rings. The average Bonchev–Trinajstić information content (AvgIpc) is 2.67. The first-order valence-corrected chi connectivity index (χ1v) is 5.16. The van der Waals surface area contributed by atoms with Crippen LogP contribution in [-0.2, 0) is 4.74 Å². The summed E-state index contributed by atoms with van der Waals surface area (Å²) in [5, 5.41) is 0. The highest BCUT2D eigenvalue weighted by molar-refractivity contribution is 5.69. The number of benzene rings is 1. The predicted molar refractivity (Wildman–Crippen MR) is 59.3 cm³/mol. The van der Waals surface area contributed by atoms with Gasteiger partial charge in [0.15, 0.2) is 0 Å². The van der Waals surface area contributed by atoms with Crippen LogP contribution < -0.4 is 10.5 Å². The van der Waals surface area contributed by atoms with Crippen molar-refractivity contribution in [2.24, 2.45) is 0 Å². The van der Waals surface area contributed by atoms with Crippen molar-refractivity contribution in [1.82, 2.24) is 4.90 Å². The Labute approximate surface area is 93.7 Å². The highest BCUT2D eigenvalue weighted by Crippen LogP contribution is 2.19. The maximum atomic E-state index is 11.1. The largest absolute Gasteiger partial charge is 0.490 e. The molecule has 1 aromatic carbocycles. The van der Waals surface area contributed by atoms with Gasteiger partial charge in [0.05, 0.1) is 18.8 Å². The van der Waals surface area contributed by atoms with Crippen molar-refractivity contribution in [3.63, 3.8) is 0 Å². The topological polar surface area (TPSA) is 64.8 Å². The fourth-order valence-corrected chi connectivity index (χ4v) is 1.51. The Hall–Kier alpha value is -1.91. The van der Waals surface area contributed by atoms with Crippen LogP contribution >= 0.6 is 0 Å². The van der Waals surface area contributed by atoms with E-state index in [1.807, 2.05) is 12.1 Å². The van der Waals surface area contributed by atoms with E-state index in [9.17, 15) is 4.79 Å². The van der Waals surface area contributed by atoms with Crippen molar-refractivity contribution in [3.05, 3.63) is 24.3 Å². The molecule has 1 saturated heterocycles. The van der Waals surface area contributed by atoms with Crippen molar-refractivity contribution in [3.8, 4) is 5.75 Å². The molecule has 0 unspecified atom stereocenters. The number of anilines is 1. The van der Waals surface area contributed by atoms with Crippen LogP contribution in [0.15, 0.2) is 24.3 Å². The smallest absolute Gasteiger partial charge is 0.410 e. The summed E-state index contributed by atoms with van der Waals surface area (Å²) in [5.74, 6) is 0.648. The molecule has 0 bridgehead atoms. The van der Waals surface area contributed by atoms with Crippen molar-refractivity contribution >= 4 is 11.8 Å². The molecule has 0 spiro atoms. The molecule has 0 atom stereocenters. The molecule has 0 aromatic heterocycles. The number of amides is 1. The molecule has 0 radical (unpaired) electrons. The van der Waals surface area contributed by atoms with Gasteiger partial charge in [-0.05, 0) is 12.1 Å². The SMILES string of the molecule is Nc1ccccc1OCCN1CCOC1=O. The molecule has 0 aliphatic carbocycles. The molecule has 16 heavy (non-hydrogen) atoms. The first-order chi connectivity index (χ1) is 7.77. The minimum Gasteiger partial charge on any atom is -0.490 e. The second-order valence-electron chi connectivity index (χ2n) is 3.49. The van der Waals surface area contributed by atoms with E-state index in [2.05, 4.69) is 0 Å². The third kappa shape index (κ3) is 2.36. The molecule has 2 N–H and O–H groups in total. The summed E-state index contributed by atoms with van der Waals surface area (Å²) < 4.78 is 10.3. The zero-order valence-electron chi connectivity index (χ0n) is 8.89. The predicted octanol–water partition coefficient (Wildman–Crippen LogP) is 1.10. The summed E-state index contributed by atoms with van der Waals surface area (Å²) in [5.41, 5.74) is 6.32. The van der Waals surface area contributed by atoms with Gasteiger partial charge in [0.1, 0.15) is 19.0 Å². The van der Waals surface area contributed by atoms with Crippen molar-refractivity contribution in [2.45, 2.75) is 0 Å². The summed E-state index contributed by atoms with van der Waals surface area (Å²) in [6.07, 6.45) is -0.273. The number of para-hydroxylation sites is 2. The number of nitrogens with two attached hydrogens (primary N) is 1. The van der Waals surface area contributed by atoms with Gasteiger partial charge < -0.3 is 20.1 Å². The number of carbonyl (C=O) groups is 1. The molecular weight excluding hydrogens is 208 g/mol. The third-order valence-corrected chi connectivity index (χ3v) is 2.38. The lowest BCUT2D eigenvalue weighted by molar-refractivity contribution is 0.153. The lowest BCUT2D eigenvalue weighted by Gasteiger charge is -2.13. The molecule has 86 valence electrons. The summed E-state index contributed by atoms with van der Waals surface area (Å²) in [6.45, 7) is 2.04. The monoisotopic (exact) mass is 222 g/mol. The fourth-order valence-electron chi connectivity index (χ4n) is 1.51. The van der Waals surface area contributed by atoms with Crippen LogP contribution in [0.3, 0.4) is 0 Å². The second kappa shape index (κ2) is 4.74. The molecule has 5 heteroatoms. The second-order valence-corrected chi connectivity index (χ2v) is 3.49. The highest BCUT2D eigenvalue weighted by Gasteiger charge is 2.21. The van der Waals surface area contributed by atoms with Crippen LogP contribution in [-0.4, -0.2) is 37.3 Å². The van der Waals surface area contributed by atoms with Gasteiger partial charge >= 0.3 is 6.09 Å². The summed E-state index contributed by atoms with van der Waals surface area (Å²) in [6, 6.07) is 7.28. The van der Waals surface area contributed by atoms with E-state index >= 15 is 0 Å². The third-order valence-electron chi connectivity index (χ3n) is 2.38. The number of nitrogens with zero attached hydrogens (tertiary/aromatic N) is 1. The molecule has 1 fully saturated rings. The van der Waals surface area contributed by atoms with E-state index in [0.717, 1.165) is 0 Å². The Balaban J connectivity index is 1.80. The maximum absolute atomic E-state index is 11.1. The summed E-state index contributed by atoms with van der Waals surface area (Å²) >= 11 is 0. The molecular formula is C11H14N2O3. The van der Waals surface area contributed by atoms with Crippen LogP contribution in [0.1, 0.15) is 0 Å². The van der Waals surface area contributed by atoms with Crippen LogP contribution in [0.25, 0.3) is 0 Å². The average molecular weight is 222 g/mol. The van der Waals surface area contributed by atoms with E-state index in [-0.39, 0.29) is 6.09 Å². The van der Waals surface area contributed by atoms with Crippen molar-refractivity contribution in [1.29, 1.82) is 0 Å². The molecule has 2 rings (SSSR count). The van der Waals surface area contributed by atoms with Gasteiger partial charge in [0.25, 0.3) is 0 Å². The van der Waals surface area contributed by atoms with E-state index in [0.29, 0.717) is 37.7 Å². The number of nitrogen functional groups attached to an aromatic ring is 1. The number of ether oxygens (including phenoxy) is 2. The fraction of sp³-hybridized carbons (Fsp3) is 0.364. The van der Waals surface area contributed by atoms with Gasteiger partial charge in [-0.25, -0.2) is 4.79 Å². The van der Waals surface area contributed by atoms with Gasteiger partial charge in [-0.1, -0.05) is 12.1 Å². The van der Waals surface area contributed by atoms with Gasteiger partial charge in [0, 0.05) is 0 Å². The zero-order valence-corrected chi connectivity index (χ0v) is 8.89. The Morgan fingerprint density at radius 1 is 1.44 bits per heavy atom. The van der Waals surface area contributed by atoms with Crippen LogP contribution in [0.5, 0.6) is 5.75 Å². The first kappa shape index (κ1) is 10.6. The van der Waals surface area contributed by atoms with Crippen LogP contribution in [0.2, 0.25) is 0 Å². The summed E-state index contributed by atoms with van der Waals surface area (Å²) in [4.78, 5) is 12.7. The number of carbonyl (C=O) groups excluding carboxylic acids is 1. The summed E-state index contributed by atoms with van der Waals surface area (Å²) in [7, 11) is 0. The van der Waals surface area contributed by atoms with Crippen LogP contribution in [0.4, 0.5) is 10.5 Å². The molecule has 1 aliphatic heterocycles. The Kier molecular flexibility index (Phi) is 3.14. The van der Waals surface area contributed by atoms with Crippen LogP contribution in [0, 0.1) is 0 Å². The number of rotatable bonds is 4. The molecule has 1 aromatic rings. The van der Waals surface area contributed by atoms with Gasteiger partial charge in [0.2, 0.25) is 0 Å². The lowest BCUT2D eigenvalue weighted by Crippen LogP contribution is -2.29. The molecule has 5 nitrogen and oxygen atoms in total. The standard InChI is InChI=1S/C11H14N2O3/c12-9-3-1-2-4-10(9)15-7-5-13-6-8-16-11(13)14/h1-4H,5-8,12H2. The maximum Gasteiger partial charge on any atom is 0.410 e. The van der Waals surface area contributed by atoms with Gasteiger partial charge in [-0.15, -0.1) is 0 Å². The quantitative estimate of drug-likeness (QED) is 0.775. The number of hydrogen-bond acceptors (Lipinski definition) is 4. The molecule has 0 saturated carbocycles. The number of cyclic esters (lactones) is 1. The minimum absolute atomic E-state index is 0.273. The van der Waals surface area contributed by atoms with Gasteiger partial charge in [-0.3, -0.25) is 0 Å².